The Hall–Kier alpha value is -1.97. The maximum absolute atomic E-state index is 10.5. The Morgan fingerprint density at radius 3 is 2.19 bits per heavy atom. The monoisotopic (exact) mass is 448 g/mol. The number of hydrogen-bond donors (Lipinski definition) is 4. The van der Waals surface area contributed by atoms with Crippen molar-refractivity contribution in [3.8, 4) is 5.75 Å². The lowest BCUT2D eigenvalue weighted by Gasteiger charge is -2.40. The molecular formula is C24H36N2O6. The van der Waals surface area contributed by atoms with Crippen LogP contribution in [0.4, 0.5) is 0 Å². The molecule has 0 saturated carbocycles. The molecule has 0 spiro atoms. The van der Waals surface area contributed by atoms with Gasteiger partial charge in [0, 0.05) is 30.1 Å². The van der Waals surface area contributed by atoms with Crippen LogP contribution in [-0.4, -0.2) is 73.4 Å². The fourth-order valence-corrected chi connectivity index (χ4v) is 4.21. The average molecular weight is 449 g/mol. The first-order valence-electron chi connectivity index (χ1n) is 11.2. The first kappa shape index (κ1) is 24.7. The van der Waals surface area contributed by atoms with Crippen LogP contribution >= 0.6 is 0 Å². The molecule has 1 aliphatic rings. The summed E-state index contributed by atoms with van der Waals surface area (Å²) in [6.07, 6.45) is -4.75. The number of hydrogen-bond acceptors (Lipinski definition) is 7. The van der Waals surface area contributed by atoms with Gasteiger partial charge >= 0.3 is 0 Å². The van der Waals surface area contributed by atoms with Crippen molar-refractivity contribution < 1.29 is 29.9 Å². The Labute approximate surface area is 189 Å². The summed E-state index contributed by atoms with van der Waals surface area (Å²) in [4.78, 5) is 0. The Bertz CT molecular complexity index is 877. The van der Waals surface area contributed by atoms with E-state index in [2.05, 4.69) is 13.8 Å². The largest absolute Gasteiger partial charge is 0.491 e. The van der Waals surface area contributed by atoms with E-state index >= 15 is 0 Å². The molecule has 8 heteroatoms. The standard InChI is InChI=1S/C24H36N2O6/c1-13(2)26-15(5)18(10-16-6-8-17(9-7-16)31-14(3)4)19(25-26)11-20-22(28)24(30)23(29)21(12-27)32-20/h6-9,13-14,20-24,27-30H,10-12H2,1-5H3/t20-,21?,22-,23+,24+/m0/s1. The maximum Gasteiger partial charge on any atom is 0.119 e. The lowest BCUT2D eigenvalue weighted by atomic mass is 9.91. The number of ether oxygens (including phenoxy) is 2. The van der Waals surface area contributed by atoms with Crippen molar-refractivity contribution in [1.82, 2.24) is 9.78 Å². The quantitative estimate of drug-likeness (QED) is 0.484. The normalized spacial score (nSPS) is 26.2. The fourth-order valence-electron chi connectivity index (χ4n) is 4.21. The Morgan fingerprint density at radius 2 is 1.62 bits per heavy atom. The molecule has 2 heterocycles. The van der Waals surface area contributed by atoms with Crippen LogP contribution in [0.1, 0.15) is 56.3 Å². The third-order valence-corrected chi connectivity index (χ3v) is 5.91. The van der Waals surface area contributed by atoms with Crippen LogP contribution in [-0.2, 0) is 17.6 Å². The van der Waals surface area contributed by atoms with E-state index in [1.165, 1.54) is 0 Å². The first-order valence-corrected chi connectivity index (χ1v) is 11.2. The van der Waals surface area contributed by atoms with Gasteiger partial charge in [-0.2, -0.15) is 5.10 Å². The van der Waals surface area contributed by atoms with Gasteiger partial charge in [-0.05, 0) is 52.3 Å². The summed E-state index contributed by atoms with van der Waals surface area (Å²) < 4.78 is 13.4. The van der Waals surface area contributed by atoms with Crippen LogP contribution in [0.2, 0.25) is 0 Å². The number of rotatable bonds is 8. The predicted molar refractivity (Wildman–Crippen MR) is 120 cm³/mol. The predicted octanol–water partition coefficient (Wildman–Crippen LogP) is 1.54. The zero-order valence-electron chi connectivity index (χ0n) is 19.5. The molecule has 1 aromatic heterocycles. The Morgan fingerprint density at radius 1 is 1.00 bits per heavy atom. The second-order valence-electron chi connectivity index (χ2n) is 9.11. The zero-order chi connectivity index (χ0) is 23.6. The molecule has 1 aliphatic heterocycles. The zero-order valence-corrected chi connectivity index (χ0v) is 19.5. The molecule has 0 amide bonds. The Kier molecular flexibility index (Phi) is 7.95. The van der Waals surface area contributed by atoms with Gasteiger partial charge < -0.3 is 29.9 Å². The van der Waals surface area contributed by atoms with Crippen molar-refractivity contribution in [3.63, 3.8) is 0 Å². The fraction of sp³-hybridized carbons (Fsp3) is 0.625. The molecule has 5 atom stereocenters. The molecule has 3 rings (SSSR count). The summed E-state index contributed by atoms with van der Waals surface area (Å²) in [5.41, 5.74) is 3.93. The molecule has 2 aromatic rings. The molecule has 8 nitrogen and oxygen atoms in total. The number of aliphatic hydroxyl groups is 4. The maximum atomic E-state index is 10.5. The average Bonchev–Trinajstić information content (AvgIpc) is 3.05. The first-order chi connectivity index (χ1) is 15.1. The molecule has 0 bridgehead atoms. The molecule has 1 saturated heterocycles. The second kappa shape index (κ2) is 10.3. The van der Waals surface area contributed by atoms with E-state index in [4.69, 9.17) is 14.6 Å². The number of nitrogens with zero attached hydrogens (tertiary/aromatic N) is 2. The van der Waals surface area contributed by atoms with Crippen molar-refractivity contribution in [2.45, 2.75) is 90.1 Å². The number of aliphatic hydroxyl groups excluding tert-OH is 4. The van der Waals surface area contributed by atoms with Crippen molar-refractivity contribution in [1.29, 1.82) is 0 Å². The van der Waals surface area contributed by atoms with Gasteiger partial charge in [0.05, 0.1) is 24.5 Å². The molecule has 0 radical (unpaired) electrons. The van der Waals surface area contributed by atoms with E-state index in [0.717, 1.165) is 28.3 Å². The molecule has 178 valence electrons. The summed E-state index contributed by atoms with van der Waals surface area (Å²) in [6.45, 7) is 9.67. The van der Waals surface area contributed by atoms with Crippen molar-refractivity contribution in [2.24, 2.45) is 0 Å². The summed E-state index contributed by atoms with van der Waals surface area (Å²) in [5, 5.41) is 45.0. The van der Waals surface area contributed by atoms with Crippen LogP contribution in [0.15, 0.2) is 24.3 Å². The van der Waals surface area contributed by atoms with Crippen LogP contribution in [0.5, 0.6) is 5.75 Å². The van der Waals surface area contributed by atoms with Crippen LogP contribution in [0.25, 0.3) is 0 Å². The lowest BCUT2D eigenvalue weighted by molar-refractivity contribution is -0.228. The second-order valence-corrected chi connectivity index (χ2v) is 9.11. The molecule has 32 heavy (non-hydrogen) atoms. The highest BCUT2D eigenvalue weighted by Crippen LogP contribution is 2.28. The van der Waals surface area contributed by atoms with E-state index in [1.54, 1.807) is 0 Å². The topological polar surface area (TPSA) is 117 Å². The number of aromatic nitrogens is 2. The third-order valence-electron chi connectivity index (χ3n) is 5.91. The minimum Gasteiger partial charge on any atom is -0.491 e. The van der Waals surface area contributed by atoms with Crippen molar-refractivity contribution in [3.05, 3.63) is 46.8 Å². The lowest BCUT2D eigenvalue weighted by Crippen LogP contribution is -2.59. The SMILES string of the molecule is Cc1c(Cc2ccc(OC(C)C)cc2)c(C[C@@H]2OC(CO)[C@@H](O)[C@H](O)[C@H]2O)nn1C(C)C. The minimum atomic E-state index is -1.39. The smallest absolute Gasteiger partial charge is 0.119 e. The summed E-state index contributed by atoms with van der Waals surface area (Å²) in [7, 11) is 0. The molecule has 1 fully saturated rings. The summed E-state index contributed by atoms with van der Waals surface area (Å²) >= 11 is 0. The molecule has 1 unspecified atom stereocenters. The van der Waals surface area contributed by atoms with E-state index in [9.17, 15) is 20.4 Å². The summed E-state index contributed by atoms with van der Waals surface area (Å²) in [6, 6.07) is 8.12. The van der Waals surface area contributed by atoms with Gasteiger partial charge in [-0.1, -0.05) is 12.1 Å². The van der Waals surface area contributed by atoms with Crippen LogP contribution < -0.4 is 4.74 Å². The van der Waals surface area contributed by atoms with Crippen LogP contribution in [0, 0.1) is 6.92 Å². The number of benzene rings is 1. The molecular weight excluding hydrogens is 412 g/mol. The minimum absolute atomic E-state index is 0.109. The van der Waals surface area contributed by atoms with Gasteiger partial charge in [0.2, 0.25) is 0 Å². The van der Waals surface area contributed by atoms with Gasteiger partial charge in [0.25, 0.3) is 0 Å². The van der Waals surface area contributed by atoms with E-state index in [0.29, 0.717) is 6.42 Å². The highest BCUT2D eigenvalue weighted by atomic mass is 16.5. The summed E-state index contributed by atoms with van der Waals surface area (Å²) in [5.74, 6) is 0.819. The van der Waals surface area contributed by atoms with Crippen molar-refractivity contribution in [2.75, 3.05) is 6.61 Å². The molecule has 1 aromatic carbocycles. The van der Waals surface area contributed by atoms with Crippen LogP contribution in [0.3, 0.4) is 0 Å². The van der Waals surface area contributed by atoms with E-state index in [1.807, 2.05) is 49.7 Å². The highest BCUT2D eigenvalue weighted by Gasteiger charge is 2.43. The Balaban J connectivity index is 1.87. The molecule has 4 N–H and O–H groups in total. The third kappa shape index (κ3) is 5.32. The van der Waals surface area contributed by atoms with Gasteiger partial charge in [-0.15, -0.1) is 0 Å². The van der Waals surface area contributed by atoms with Crippen molar-refractivity contribution >= 4 is 0 Å². The van der Waals surface area contributed by atoms with Gasteiger partial charge in [0.1, 0.15) is 30.2 Å². The molecule has 0 aliphatic carbocycles. The van der Waals surface area contributed by atoms with Gasteiger partial charge in [-0.3, -0.25) is 4.68 Å². The van der Waals surface area contributed by atoms with Gasteiger partial charge in [-0.25, -0.2) is 0 Å². The highest BCUT2D eigenvalue weighted by molar-refractivity contribution is 5.36. The van der Waals surface area contributed by atoms with E-state index < -0.39 is 37.1 Å². The van der Waals surface area contributed by atoms with Gasteiger partial charge in [0.15, 0.2) is 0 Å². The van der Waals surface area contributed by atoms with E-state index in [-0.39, 0.29) is 18.6 Å².